The fourth-order valence-corrected chi connectivity index (χ4v) is 1.96. The predicted octanol–water partition coefficient (Wildman–Crippen LogP) is 0.241. The third-order valence-electron chi connectivity index (χ3n) is 1.57. The molecule has 4 nitrogen and oxygen atoms in total. The van der Waals surface area contributed by atoms with Crippen molar-refractivity contribution in [2.75, 3.05) is 0 Å². The molecular formula is C8H8FNO3S. The second kappa shape index (κ2) is 3.75. The van der Waals surface area contributed by atoms with Gasteiger partial charge in [-0.25, -0.2) is 12.8 Å². The summed E-state index contributed by atoms with van der Waals surface area (Å²) in [6, 6.07) is 6.84. The Hall–Kier alpha value is -1.43. The molecule has 1 amide bonds. The van der Waals surface area contributed by atoms with Crippen LogP contribution < -0.4 is 5.73 Å². The molecule has 1 unspecified atom stereocenters. The van der Waals surface area contributed by atoms with E-state index >= 15 is 0 Å². The summed E-state index contributed by atoms with van der Waals surface area (Å²) in [5, 5.41) is 0. The van der Waals surface area contributed by atoms with Gasteiger partial charge in [0.2, 0.25) is 9.84 Å². The van der Waals surface area contributed by atoms with Gasteiger partial charge in [0.05, 0.1) is 4.90 Å². The number of carbonyl (C=O) groups excluding carboxylic acids is 1. The van der Waals surface area contributed by atoms with Gasteiger partial charge in [0.1, 0.15) is 0 Å². The summed E-state index contributed by atoms with van der Waals surface area (Å²) in [6.07, 6.45) is 0. The average Bonchev–Trinajstić information content (AvgIpc) is 2.18. The molecule has 2 N–H and O–H groups in total. The smallest absolute Gasteiger partial charge is 0.282 e. The number of halogens is 1. The highest BCUT2D eigenvalue weighted by Gasteiger charge is 2.31. The third-order valence-corrected chi connectivity index (χ3v) is 3.27. The number of hydrogen-bond acceptors (Lipinski definition) is 3. The molecule has 1 rings (SSSR count). The Morgan fingerprint density at radius 3 is 2.21 bits per heavy atom. The Labute approximate surface area is 80.5 Å². The van der Waals surface area contributed by atoms with Gasteiger partial charge in [0.25, 0.3) is 11.4 Å². The second-order valence-electron chi connectivity index (χ2n) is 2.58. The van der Waals surface area contributed by atoms with Crippen molar-refractivity contribution >= 4 is 15.7 Å². The Kier molecular flexibility index (Phi) is 2.85. The van der Waals surface area contributed by atoms with Gasteiger partial charge in [-0.2, -0.15) is 0 Å². The largest absolute Gasteiger partial charge is 0.366 e. The molecule has 1 aromatic carbocycles. The van der Waals surface area contributed by atoms with Gasteiger partial charge in [-0.15, -0.1) is 0 Å². The maximum atomic E-state index is 12.9. The maximum absolute atomic E-state index is 12.9. The third kappa shape index (κ3) is 1.90. The van der Waals surface area contributed by atoms with Gasteiger partial charge < -0.3 is 5.73 Å². The van der Waals surface area contributed by atoms with E-state index in [1.807, 2.05) is 0 Å². The lowest BCUT2D eigenvalue weighted by molar-refractivity contribution is -0.120. The molecule has 76 valence electrons. The van der Waals surface area contributed by atoms with Gasteiger partial charge in [-0.3, -0.25) is 4.79 Å². The molecule has 1 aromatic rings. The van der Waals surface area contributed by atoms with Gasteiger partial charge in [0, 0.05) is 0 Å². The molecule has 0 radical (unpaired) electrons. The summed E-state index contributed by atoms with van der Waals surface area (Å²) in [5.74, 6) is -1.51. The van der Waals surface area contributed by atoms with Crippen LogP contribution >= 0.6 is 0 Å². The minimum atomic E-state index is -4.28. The number of primary amides is 1. The molecule has 0 spiro atoms. The zero-order valence-electron chi connectivity index (χ0n) is 7.05. The minimum Gasteiger partial charge on any atom is -0.366 e. The van der Waals surface area contributed by atoms with Crippen molar-refractivity contribution in [2.24, 2.45) is 5.73 Å². The topological polar surface area (TPSA) is 77.2 Å². The molecule has 0 saturated heterocycles. The predicted molar refractivity (Wildman–Crippen MR) is 47.7 cm³/mol. The van der Waals surface area contributed by atoms with Gasteiger partial charge in [-0.05, 0) is 12.1 Å². The molecule has 6 heteroatoms. The van der Waals surface area contributed by atoms with Crippen molar-refractivity contribution in [3.8, 4) is 0 Å². The summed E-state index contributed by atoms with van der Waals surface area (Å²) < 4.78 is 35.5. The molecule has 0 bridgehead atoms. The van der Waals surface area contributed by atoms with Crippen LogP contribution in [0.4, 0.5) is 4.39 Å². The van der Waals surface area contributed by atoms with Crippen LogP contribution in [-0.4, -0.2) is 19.8 Å². The highest BCUT2D eigenvalue weighted by molar-refractivity contribution is 7.92. The minimum absolute atomic E-state index is 0.258. The quantitative estimate of drug-likeness (QED) is 0.787. The molecule has 0 saturated carbocycles. The van der Waals surface area contributed by atoms with Crippen molar-refractivity contribution in [3.05, 3.63) is 30.3 Å². The zero-order chi connectivity index (χ0) is 10.8. The number of rotatable bonds is 3. The Morgan fingerprint density at radius 1 is 1.29 bits per heavy atom. The number of carbonyl (C=O) groups is 1. The van der Waals surface area contributed by atoms with Crippen molar-refractivity contribution in [1.82, 2.24) is 0 Å². The lowest BCUT2D eigenvalue weighted by Crippen LogP contribution is -2.32. The average molecular weight is 217 g/mol. The van der Waals surface area contributed by atoms with E-state index in [9.17, 15) is 17.6 Å². The summed E-state index contributed by atoms with van der Waals surface area (Å²) >= 11 is 0. The summed E-state index contributed by atoms with van der Waals surface area (Å²) in [6.45, 7) is 0. The molecular weight excluding hydrogens is 209 g/mol. The van der Waals surface area contributed by atoms with Crippen LogP contribution in [0.5, 0.6) is 0 Å². The van der Waals surface area contributed by atoms with Crippen LogP contribution in [-0.2, 0) is 14.6 Å². The van der Waals surface area contributed by atoms with Gasteiger partial charge in [-0.1, -0.05) is 18.2 Å². The molecule has 0 aliphatic heterocycles. The standard InChI is InChI=1S/C8H8FNO3S/c9-7(8(10)11)14(12,13)6-4-2-1-3-5-6/h1-5,7H,(H2,10,11). The first-order valence-corrected chi connectivity index (χ1v) is 5.23. The molecule has 0 heterocycles. The number of amides is 1. The first-order valence-electron chi connectivity index (χ1n) is 3.68. The first kappa shape index (κ1) is 10.6. The van der Waals surface area contributed by atoms with Gasteiger partial charge >= 0.3 is 0 Å². The summed E-state index contributed by atoms with van der Waals surface area (Å²) in [5.41, 5.74) is 1.88. The molecule has 0 fully saturated rings. The molecule has 0 aliphatic carbocycles. The Balaban J connectivity index is 3.16. The highest BCUT2D eigenvalue weighted by atomic mass is 32.2. The fraction of sp³-hybridized carbons (Fsp3) is 0.125. The second-order valence-corrected chi connectivity index (χ2v) is 4.55. The van der Waals surface area contributed by atoms with E-state index in [1.54, 1.807) is 6.07 Å². The Bertz CT molecular complexity index is 429. The number of sulfone groups is 1. The van der Waals surface area contributed by atoms with Crippen molar-refractivity contribution < 1.29 is 17.6 Å². The van der Waals surface area contributed by atoms with Crippen LogP contribution in [0.3, 0.4) is 0 Å². The number of alkyl halides is 1. The Morgan fingerprint density at radius 2 is 1.79 bits per heavy atom. The van der Waals surface area contributed by atoms with Crippen LogP contribution in [0.15, 0.2) is 35.2 Å². The lowest BCUT2D eigenvalue weighted by Gasteiger charge is -2.05. The lowest BCUT2D eigenvalue weighted by atomic mass is 10.4. The van der Waals surface area contributed by atoms with E-state index in [1.165, 1.54) is 24.3 Å². The summed E-state index contributed by atoms with van der Waals surface area (Å²) in [4.78, 5) is 10.1. The number of nitrogens with two attached hydrogens (primary N) is 1. The van der Waals surface area contributed by atoms with E-state index in [4.69, 9.17) is 0 Å². The van der Waals surface area contributed by atoms with Crippen LogP contribution in [0.1, 0.15) is 0 Å². The zero-order valence-corrected chi connectivity index (χ0v) is 7.87. The molecule has 0 aromatic heterocycles. The monoisotopic (exact) mass is 217 g/mol. The number of hydrogen-bond donors (Lipinski definition) is 1. The van der Waals surface area contributed by atoms with Crippen LogP contribution in [0, 0.1) is 0 Å². The van der Waals surface area contributed by atoms with E-state index in [2.05, 4.69) is 5.73 Å². The van der Waals surface area contributed by atoms with E-state index in [0.717, 1.165) is 0 Å². The summed E-state index contributed by atoms with van der Waals surface area (Å²) in [7, 11) is -4.28. The first-order chi connectivity index (χ1) is 6.46. The van der Waals surface area contributed by atoms with Crippen LogP contribution in [0.25, 0.3) is 0 Å². The van der Waals surface area contributed by atoms with E-state index in [0.29, 0.717) is 0 Å². The van der Waals surface area contributed by atoms with E-state index < -0.39 is 21.2 Å². The molecule has 1 atom stereocenters. The molecule has 14 heavy (non-hydrogen) atoms. The van der Waals surface area contributed by atoms with E-state index in [-0.39, 0.29) is 4.90 Å². The highest BCUT2D eigenvalue weighted by Crippen LogP contribution is 2.15. The van der Waals surface area contributed by atoms with Crippen LogP contribution in [0.2, 0.25) is 0 Å². The van der Waals surface area contributed by atoms with Gasteiger partial charge in [0.15, 0.2) is 0 Å². The number of benzene rings is 1. The maximum Gasteiger partial charge on any atom is 0.282 e. The molecule has 0 aliphatic rings. The van der Waals surface area contributed by atoms with Crippen molar-refractivity contribution in [1.29, 1.82) is 0 Å². The fourth-order valence-electron chi connectivity index (χ4n) is 0.883. The SMILES string of the molecule is NC(=O)C(F)S(=O)(=O)c1ccccc1. The van der Waals surface area contributed by atoms with Crippen molar-refractivity contribution in [3.63, 3.8) is 0 Å². The van der Waals surface area contributed by atoms with Crippen molar-refractivity contribution in [2.45, 2.75) is 10.4 Å². The normalized spacial score (nSPS) is 13.5.